The minimum atomic E-state index is -0.335. The molecular formula is C10H18N2O3. The molecule has 2 fully saturated rings. The van der Waals surface area contributed by atoms with Crippen molar-refractivity contribution in [1.29, 1.82) is 0 Å². The number of alkyl carbamates (subject to hydrolysis) is 1. The summed E-state index contributed by atoms with van der Waals surface area (Å²) in [5.74, 6) is 0.580. The van der Waals surface area contributed by atoms with E-state index in [9.17, 15) is 4.79 Å². The molecule has 5 nitrogen and oxygen atoms in total. The molecule has 0 saturated carbocycles. The van der Waals surface area contributed by atoms with Gasteiger partial charge in [0, 0.05) is 6.54 Å². The first-order chi connectivity index (χ1) is 7.25. The molecule has 2 rings (SSSR count). The van der Waals surface area contributed by atoms with E-state index in [1.165, 1.54) is 0 Å². The van der Waals surface area contributed by atoms with E-state index in [-0.39, 0.29) is 18.3 Å². The van der Waals surface area contributed by atoms with E-state index in [0.717, 1.165) is 19.5 Å². The van der Waals surface area contributed by atoms with E-state index >= 15 is 0 Å². The second-order valence-corrected chi connectivity index (χ2v) is 4.25. The molecule has 1 amide bonds. The highest BCUT2D eigenvalue weighted by Crippen LogP contribution is 2.15. The summed E-state index contributed by atoms with van der Waals surface area (Å²) in [6.07, 6.45) is 0.941. The van der Waals surface area contributed by atoms with Gasteiger partial charge in [-0.25, -0.2) is 4.79 Å². The molecule has 0 spiro atoms. The van der Waals surface area contributed by atoms with Gasteiger partial charge >= 0.3 is 6.09 Å². The van der Waals surface area contributed by atoms with E-state index in [1.807, 2.05) is 0 Å². The van der Waals surface area contributed by atoms with Crippen LogP contribution < -0.4 is 10.6 Å². The Morgan fingerprint density at radius 3 is 3.07 bits per heavy atom. The van der Waals surface area contributed by atoms with Crippen LogP contribution in [0.2, 0.25) is 0 Å². The second kappa shape index (κ2) is 4.81. The molecule has 15 heavy (non-hydrogen) atoms. The Bertz CT molecular complexity index is 235. The highest BCUT2D eigenvalue weighted by Gasteiger charge is 2.26. The van der Waals surface area contributed by atoms with Crippen LogP contribution in [0.3, 0.4) is 0 Å². The summed E-state index contributed by atoms with van der Waals surface area (Å²) in [6.45, 7) is 5.23. The fourth-order valence-electron chi connectivity index (χ4n) is 1.94. The van der Waals surface area contributed by atoms with Crippen LogP contribution in [0.4, 0.5) is 4.79 Å². The van der Waals surface area contributed by atoms with E-state index in [2.05, 4.69) is 17.6 Å². The standard InChI is InChI=1S/C10H18N2O3/c1-7-2-3-11-5-9(7)14-6-8-4-12-10(13)15-8/h7-9,11H,2-6H2,1H3,(H,12,13). The number of rotatable bonds is 3. The van der Waals surface area contributed by atoms with Gasteiger partial charge in [0.15, 0.2) is 0 Å². The number of hydrogen-bond acceptors (Lipinski definition) is 4. The molecule has 0 radical (unpaired) electrons. The van der Waals surface area contributed by atoms with Crippen molar-refractivity contribution in [1.82, 2.24) is 10.6 Å². The van der Waals surface area contributed by atoms with Crippen molar-refractivity contribution < 1.29 is 14.3 Å². The third-order valence-electron chi connectivity index (χ3n) is 3.00. The minimum Gasteiger partial charge on any atom is -0.442 e. The van der Waals surface area contributed by atoms with Crippen molar-refractivity contribution in [2.45, 2.75) is 25.6 Å². The van der Waals surface area contributed by atoms with Crippen LogP contribution in [0.25, 0.3) is 0 Å². The van der Waals surface area contributed by atoms with Crippen molar-refractivity contribution >= 4 is 6.09 Å². The Morgan fingerprint density at radius 2 is 2.40 bits per heavy atom. The Hall–Kier alpha value is -0.810. The number of hydrogen-bond donors (Lipinski definition) is 2. The Labute approximate surface area is 89.5 Å². The summed E-state index contributed by atoms with van der Waals surface area (Å²) in [5, 5.41) is 5.91. The molecule has 2 aliphatic heterocycles. The zero-order valence-corrected chi connectivity index (χ0v) is 8.99. The summed E-state index contributed by atoms with van der Waals surface area (Å²) in [6, 6.07) is 0. The van der Waals surface area contributed by atoms with Crippen LogP contribution in [-0.2, 0) is 9.47 Å². The van der Waals surface area contributed by atoms with E-state index in [1.54, 1.807) is 0 Å². The molecule has 86 valence electrons. The quantitative estimate of drug-likeness (QED) is 0.700. The number of nitrogens with one attached hydrogen (secondary N) is 2. The van der Waals surface area contributed by atoms with Crippen molar-refractivity contribution in [2.75, 3.05) is 26.2 Å². The summed E-state index contributed by atoms with van der Waals surface area (Å²) in [5.41, 5.74) is 0. The predicted octanol–water partition coefficient (Wildman–Crippen LogP) is 0.109. The largest absolute Gasteiger partial charge is 0.442 e. The van der Waals surface area contributed by atoms with E-state index < -0.39 is 0 Å². The summed E-state index contributed by atoms with van der Waals surface area (Å²) in [7, 11) is 0. The average Bonchev–Trinajstić information content (AvgIpc) is 2.63. The number of piperidine rings is 1. The Balaban J connectivity index is 1.70. The summed E-state index contributed by atoms with van der Waals surface area (Å²) in [4.78, 5) is 10.8. The molecule has 0 aliphatic carbocycles. The summed E-state index contributed by atoms with van der Waals surface area (Å²) >= 11 is 0. The maximum absolute atomic E-state index is 10.8. The van der Waals surface area contributed by atoms with Gasteiger partial charge < -0.3 is 20.1 Å². The zero-order valence-electron chi connectivity index (χ0n) is 8.99. The number of carbonyl (C=O) groups is 1. The molecule has 0 bridgehead atoms. The number of cyclic esters (lactones) is 1. The third kappa shape index (κ3) is 2.82. The van der Waals surface area contributed by atoms with Gasteiger partial charge in [0.25, 0.3) is 0 Å². The fourth-order valence-corrected chi connectivity index (χ4v) is 1.94. The van der Waals surface area contributed by atoms with Gasteiger partial charge in [-0.3, -0.25) is 0 Å². The van der Waals surface area contributed by atoms with Crippen LogP contribution >= 0.6 is 0 Å². The molecule has 0 aromatic carbocycles. The minimum absolute atomic E-state index is 0.119. The number of ether oxygens (including phenoxy) is 2. The topological polar surface area (TPSA) is 59.6 Å². The van der Waals surface area contributed by atoms with Crippen molar-refractivity contribution in [3.05, 3.63) is 0 Å². The zero-order chi connectivity index (χ0) is 10.7. The predicted molar refractivity (Wildman–Crippen MR) is 54.7 cm³/mol. The molecule has 3 atom stereocenters. The summed E-state index contributed by atoms with van der Waals surface area (Å²) < 4.78 is 10.7. The Kier molecular flexibility index (Phi) is 3.43. The van der Waals surface area contributed by atoms with E-state index in [0.29, 0.717) is 19.1 Å². The number of carbonyl (C=O) groups excluding carboxylic acids is 1. The van der Waals surface area contributed by atoms with E-state index in [4.69, 9.17) is 9.47 Å². The van der Waals surface area contributed by atoms with Crippen molar-refractivity contribution in [2.24, 2.45) is 5.92 Å². The van der Waals surface area contributed by atoms with Gasteiger partial charge in [0.1, 0.15) is 6.10 Å². The molecule has 0 aromatic heterocycles. The second-order valence-electron chi connectivity index (χ2n) is 4.25. The van der Waals surface area contributed by atoms with Crippen LogP contribution in [0.5, 0.6) is 0 Å². The highest BCUT2D eigenvalue weighted by atomic mass is 16.6. The van der Waals surface area contributed by atoms with Gasteiger partial charge in [0.05, 0.1) is 19.3 Å². The molecular weight excluding hydrogens is 196 g/mol. The molecule has 2 heterocycles. The molecule has 2 aliphatic rings. The van der Waals surface area contributed by atoms with Crippen LogP contribution in [0, 0.1) is 5.92 Å². The first kappa shape index (κ1) is 10.7. The lowest BCUT2D eigenvalue weighted by Crippen LogP contribution is -2.42. The van der Waals surface area contributed by atoms with Crippen LogP contribution in [0.15, 0.2) is 0 Å². The fraction of sp³-hybridized carbons (Fsp3) is 0.900. The average molecular weight is 214 g/mol. The third-order valence-corrected chi connectivity index (χ3v) is 3.00. The monoisotopic (exact) mass is 214 g/mol. The van der Waals surface area contributed by atoms with Gasteiger partial charge in [-0.05, 0) is 18.9 Å². The van der Waals surface area contributed by atoms with Crippen molar-refractivity contribution in [3.63, 3.8) is 0 Å². The Morgan fingerprint density at radius 1 is 1.53 bits per heavy atom. The molecule has 0 aromatic rings. The maximum atomic E-state index is 10.8. The molecule has 2 saturated heterocycles. The molecule has 3 unspecified atom stereocenters. The van der Waals surface area contributed by atoms with Gasteiger partial charge in [-0.2, -0.15) is 0 Å². The lowest BCUT2D eigenvalue weighted by Gasteiger charge is -2.30. The molecule has 2 N–H and O–H groups in total. The normalized spacial score (nSPS) is 36.1. The van der Waals surface area contributed by atoms with Gasteiger partial charge in [-0.15, -0.1) is 0 Å². The SMILES string of the molecule is CC1CCNCC1OCC1CNC(=O)O1. The first-order valence-electron chi connectivity index (χ1n) is 5.52. The molecule has 5 heteroatoms. The first-order valence-corrected chi connectivity index (χ1v) is 5.52. The van der Waals surface area contributed by atoms with Crippen molar-refractivity contribution in [3.8, 4) is 0 Å². The van der Waals surface area contributed by atoms with Crippen LogP contribution in [-0.4, -0.2) is 44.5 Å². The number of amides is 1. The van der Waals surface area contributed by atoms with Crippen LogP contribution in [0.1, 0.15) is 13.3 Å². The highest BCUT2D eigenvalue weighted by molar-refractivity contribution is 5.69. The maximum Gasteiger partial charge on any atom is 0.407 e. The lowest BCUT2D eigenvalue weighted by atomic mass is 9.97. The van der Waals surface area contributed by atoms with Gasteiger partial charge in [-0.1, -0.05) is 6.92 Å². The van der Waals surface area contributed by atoms with Gasteiger partial charge in [0.2, 0.25) is 0 Å². The lowest BCUT2D eigenvalue weighted by molar-refractivity contribution is -0.0318. The smallest absolute Gasteiger partial charge is 0.407 e.